The zero-order valence-corrected chi connectivity index (χ0v) is 18.1. The highest BCUT2D eigenvalue weighted by molar-refractivity contribution is 7.17. The van der Waals surface area contributed by atoms with Crippen molar-refractivity contribution in [2.24, 2.45) is 0 Å². The number of pyridine rings is 1. The Morgan fingerprint density at radius 2 is 1.90 bits per heavy atom. The first-order valence-corrected chi connectivity index (χ1v) is 11.3. The highest BCUT2D eigenvalue weighted by Crippen LogP contribution is 2.38. The first kappa shape index (κ1) is 19.6. The Kier molecular flexibility index (Phi) is 5.34. The molecule has 31 heavy (non-hydrogen) atoms. The summed E-state index contributed by atoms with van der Waals surface area (Å²) in [4.78, 5) is 29.4. The minimum absolute atomic E-state index is 0.0592. The van der Waals surface area contributed by atoms with E-state index in [9.17, 15) is 4.79 Å². The van der Waals surface area contributed by atoms with Crippen molar-refractivity contribution < 1.29 is 4.79 Å². The number of anilines is 1. The second-order valence-corrected chi connectivity index (χ2v) is 8.62. The van der Waals surface area contributed by atoms with E-state index in [2.05, 4.69) is 49.8 Å². The van der Waals surface area contributed by atoms with Gasteiger partial charge < -0.3 is 10.2 Å². The molecule has 1 aromatic carbocycles. The third kappa shape index (κ3) is 4.01. The van der Waals surface area contributed by atoms with Crippen LogP contribution in [0.3, 0.4) is 0 Å². The Bertz CT molecular complexity index is 1200. The fraction of sp³-hybridized carbons (Fsp3) is 0.250. The predicted molar refractivity (Wildman–Crippen MR) is 125 cm³/mol. The molecule has 0 unspecified atom stereocenters. The van der Waals surface area contributed by atoms with E-state index >= 15 is 0 Å². The Morgan fingerprint density at radius 1 is 1.10 bits per heavy atom. The van der Waals surface area contributed by atoms with Crippen LogP contribution >= 0.6 is 11.3 Å². The topological polar surface area (TPSA) is 71.0 Å². The third-order valence-corrected chi connectivity index (χ3v) is 6.54. The summed E-state index contributed by atoms with van der Waals surface area (Å²) >= 11 is 1.67. The molecule has 0 atom stereocenters. The molecule has 6 nitrogen and oxygen atoms in total. The molecular weight excluding hydrogens is 406 g/mol. The van der Waals surface area contributed by atoms with Gasteiger partial charge in [-0.2, -0.15) is 0 Å². The van der Waals surface area contributed by atoms with E-state index in [4.69, 9.17) is 4.98 Å². The van der Waals surface area contributed by atoms with Crippen LogP contribution in [0.5, 0.6) is 0 Å². The maximum Gasteiger partial charge on any atom is 0.253 e. The fourth-order valence-corrected chi connectivity index (χ4v) is 5.07. The standard InChI is InChI=1S/C24H23N5OS/c1-16-26-22(21-20(15-31-24(21)27-16)17-6-3-2-4-7-17)29-12-9-19(10-13-29)28-23(30)18-8-5-11-25-14-18/h2-8,11,14-15,19H,9-10,12-13H2,1H3,(H,28,30). The van der Waals surface area contributed by atoms with Crippen molar-refractivity contribution in [3.05, 3.63) is 71.6 Å². The summed E-state index contributed by atoms with van der Waals surface area (Å²) in [5, 5.41) is 6.46. The molecule has 0 saturated carbocycles. The number of nitrogens with one attached hydrogen (secondary N) is 1. The average Bonchev–Trinajstić information content (AvgIpc) is 3.24. The number of aromatic nitrogens is 3. The number of thiophene rings is 1. The van der Waals surface area contributed by atoms with Crippen LogP contribution in [0.1, 0.15) is 29.0 Å². The van der Waals surface area contributed by atoms with Gasteiger partial charge in [0, 0.05) is 42.5 Å². The molecule has 1 saturated heterocycles. The first-order valence-electron chi connectivity index (χ1n) is 10.5. The maximum absolute atomic E-state index is 12.5. The van der Waals surface area contributed by atoms with Gasteiger partial charge in [-0.1, -0.05) is 30.3 Å². The zero-order chi connectivity index (χ0) is 21.2. The molecule has 0 bridgehead atoms. The molecule has 3 aromatic heterocycles. The lowest BCUT2D eigenvalue weighted by molar-refractivity contribution is 0.0930. The van der Waals surface area contributed by atoms with E-state index in [1.807, 2.05) is 13.0 Å². The van der Waals surface area contributed by atoms with Gasteiger partial charge in [0.25, 0.3) is 5.91 Å². The molecule has 4 heterocycles. The lowest BCUT2D eigenvalue weighted by Crippen LogP contribution is -2.45. The smallest absolute Gasteiger partial charge is 0.253 e. The highest BCUT2D eigenvalue weighted by atomic mass is 32.1. The van der Waals surface area contributed by atoms with E-state index < -0.39 is 0 Å². The number of nitrogens with zero attached hydrogens (tertiary/aromatic N) is 4. The molecular formula is C24H23N5OS. The van der Waals surface area contributed by atoms with Crippen molar-refractivity contribution in [3.63, 3.8) is 0 Å². The zero-order valence-electron chi connectivity index (χ0n) is 17.3. The summed E-state index contributed by atoms with van der Waals surface area (Å²) in [6.07, 6.45) is 5.03. The van der Waals surface area contributed by atoms with Gasteiger partial charge in [0.05, 0.1) is 10.9 Å². The van der Waals surface area contributed by atoms with Crippen molar-refractivity contribution in [1.82, 2.24) is 20.3 Å². The van der Waals surface area contributed by atoms with Gasteiger partial charge in [0.15, 0.2) is 0 Å². The number of rotatable bonds is 4. The minimum atomic E-state index is -0.0592. The lowest BCUT2D eigenvalue weighted by Gasteiger charge is -2.33. The van der Waals surface area contributed by atoms with Crippen LogP contribution in [0, 0.1) is 6.92 Å². The Balaban J connectivity index is 1.37. The molecule has 4 aromatic rings. The molecule has 7 heteroatoms. The lowest BCUT2D eigenvalue weighted by atomic mass is 10.0. The largest absolute Gasteiger partial charge is 0.356 e. The maximum atomic E-state index is 12.5. The molecule has 1 aliphatic heterocycles. The van der Waals surface area contributed by atoms with Crippen LogP contribution in [0.15, 0.2) is 60.2 Å². The van der Waals surface area contributed by atoms with Gasteiger partial charge in [-0.25, -0.2) is 9.97 Å². The number of carbonyl (C=O) groups excluding carboxylic acids is 1. The van der Waals surface area contributed by atoms with Gasteiger partial charge in [0.1, 0.15) is 16.5 Å². The first-order chi connectivity index (χ1) is 15.2. The van der Waals surface area contributed by atoms with Crippen LogP contribution in [0.4, 0.5) is 5.82 Å². The Hall–Kier alpha value is -3.32. The van der Waals surface area contributed by atoms with E-state index in [0.717, 1.165) is 47.8 Å². The third-order valence-electron chi connectivity index (χ3n) is 5.66. The van der Waals surface area contributed by atoms with Crippen LogP contribution in [0.25, 0.3) is 21.3 Å². The molecule has 0 spiro atoms. The molecule has 1 aliphatic rings. The molecule has 5 rings (SSSR count). The number of hydrogen-bond donors (Lipinski definition) is 1. The number of fused-ring (bicyclic) bond motifs is 1. The van der Waals surface area contributed by atoms with Gasteiger partial charge >= 0.3 is 0 Å². The molecule has 0 aliphatic carbocycles. The van der Waals surface area contributed by atoms with Crippen LogP contribution in [0.2, 0.25) is 0 Å². The van der Waals surface area contributed by atoms with Gasteiger partial charge in [-0.05, 0) is 37.5 Å². The number of piperidine rings is 1. The SMILES string of the molecule is Cc1nc(N2CCC(NC(=O)c3cccnc3)CC2)c2c(-c3ccccc3)csc2n1. The number of amides is 1. The van der Waals surface area contributed by atoms with Gasteiger partial charge in [-0.3, -0.25) is 9.78 Å². The van der Waals surface area contributed by atoms with Crippen molar-refractivity contribution >= 4 is 33.3 Å². The minimum Gasteiger partial charge on any atom is -0.356 e. The van der Waals surface area contributed by atoms with Gasteiger partial charge in [0.2, 0.25) is 0 Å². The second-order valence-electron chi connectivity index (χ2n) is 7.77. The molecule has 1 amide bonds. The van der Waals surface area contributed by atoms with Crippen molar-refractivity contribution in [2.45, 2.75) is 25.8 Å². The van der Waals surface area contributed by atoms with Crippen molar-refractivity contribution in [1.29, 1.82) is 0 Å². The number of hydrogen-bond acceptors (Lipinski definition) is 6. The normalized spacial score (nSPS) is 14.7. The quantitative estimate of drug-likeness (QED) is 0.519. The van der Waals surface area contributed by atoms with Crippen LogP contribution in [-0.4, -0.2) is 40.0 Å². The van der Waals surface area contributed by atoms with Crippen molar-refractivity contribution in [3.8, 4) is 11.1 Å². The summed E-state index contributed by atoms with van der Waals surface area (Å²) in [6, 6.07) is 14.1. The van der Waals surface area contributed by atoms with E-state index in [1.165, 1.54) is 11.1 Å². The highest BCUT2D eigenvalue weighted by Gasteiger charge is 2.25. The van der Waals surface area contributed by atoms with E-state index in [-0.39, 0.29) is 11.9 Å². The molecule has 1 N–H and O–H groups in total. The number of aryl methyl sites for hydroxylation is 1. The molecule has 0 radical (unpaired) electrons. The second kappa shape index (κ2) is 8.43. The fourth-order valence-electron chi connectivity index (χ4n) is 4.09. The van der Waals surface area contributed by atoms with Crippen LogP contribution in [-0.2, 0) is 0 Å². The van der Waals surface area contributed by atoms with E-state index in [1.54, 1.807) is 35.9 Å². The summed E-state index contributed by atoms with van der Waals surface area (Å²) < 4.78 is 0. The van der Waals surface area contributed by atoms with Crippen molar-refractivity contribution in [2.75, 3.05) is 18.0 Å². The number of carbonyl (C=O) groups is 1. The molecule has 156 valence electrons. The van der Waals surface area contributed by atoms with E-state index in [0.29, 0.717) is 5.56 Å². The van der Waals surface area contributed by atoms with Gasteiger partial charge in [-0.15, -0.1) is 11.3 Å². The van der Waals surface area contributed by atoms with Crippen LogP contribution < -0.4 is 10.2 Å². The monoisotopic (exact) mass is 429 g/mol. The Labute approximate surface area is 185 Å². The summed E-state index contributed by atoms with van der Waals surface area (Å²) in [5.74, 6) is 1.73. The molecule has 1 fully saturated rings. The predicted octanol–water partition coefficient (Wildman–Crippen LogP) is 4.46. The summed E-state index contributed by atoms with van der Waals surface area (Å²) in [7, 11) is 0. The average molecular weight is 430 g/mol. The summed E-state index contributed by atoms with van der Waals surface area (Å²) in [5.41, 5.74) is 2.97. The summed E-state index contributed by atoms with van der Waals surface area (Å²) in [6.45, 7) is 3.63. The Morgan fingerprint density at radius 3 is 2.65 bits per heavy atom. The number of benzene rings is 1.